The van der Waals surface area contributed by atoms with E-state index in [0.717, 1.165) is 17.1 Å². The summed E-state index contributed by atoms with van der Waals surface area (Å²) in [6.45, 7) is 0. The fourth-order valence-corrected chi connectivity index (χ4v) is 9.34. The van der Waals surface area contributed by atoms with Crippen LogP contribution in [0.5, 0.6) is 0 Å². The number of aromatic nitrogens is 3. The molecule has 0 saturated carbocycles. The van der Waals surface area contributed by atoms with Crippen LogP contribution in [0.4, 0.5) is 0 Å². The van der Waals surface area contributed by atoms with E-state index in [2.05, 4.69) is 226 Å². The summed E-state index contributed by atoms with van der Waals surface area (Å²) < 4.78 is 7.30. The molecule has 9 aromatic carbocycles. The zero-order valence-corrected chi connectivity index (χ0v) is 31.0. The fourth-order valence-electron chi connectivity index (χ4n) is 9.34. The molecule has 0 fully saturated rings. The van der Waals surface area contributed by atoms with E-state index in [0.29, 0.717) is 0 Å². The largest absolute Gasteiger partial charge is 0.309 e. The Balaban J connectivity index is 1.04. The number of hydrogen-bond acceptors (Lipinski definition) is 0. The van der Waals surface area contributed by atoms with Gasteiger partial charge >= 0.3 is 0 Å². The van der Waals surface area contributed by atoms with Crippen molar-refractivity contribution in [3.05, 3.63) is 212 Å². The van der Waals surface area contributed by atoms with Crippen LogP contribution in [-0.2, 0) is 0 Å². The molecule has 12 aromatic rings. The standard InChI is InChI=1S/C54H35N3/c1-2-14-36(15-3-1)38-16-12-19-42(34-38)56-51-27-11-7-23-47(51)53-52(56)33-32-46-45-22-6-10-26-50(45)57(54(46)53)40-30-28-37(29-31-40)39-17-13-18-41(35-39)55-48-24-8-4-20-43(48)44-21-5-9-25-49(44)55/h1-35H. The third-order valence-electron chi connectivity index (χ3n) is 11.8. The molecule has 0 saturated heterocycles. The summed E-state index contributed by atoms with van der Waals surface area (Å²) in [4.78, 5) is 0. The minimum Gasteiger partial charge on any atom is -0.309 e. The first-order valence-corrected chi connectivity index (χ1v) is 19.6. The highest BCUT2D eigenvalue weighted by Gasteiger charge is 2.21. The fraction of sp³-hybridized carbons (Fsp3) is 0. The van der Waals surface area contributed by atoms with Crippen molar-refractivity contribution in [3.63, 3.8) is 0 Å². The third kappa shape index (κ3) is 4.79. The van der Waals surface area contributed by atoms with Crippen LogP contribution in [0, 0.1) is 0 Å². The van der Waals surface area contributed by atoms with Gasteiger partial charge in [0.2, 0.25) is 0 Å². The smallest absolute Gasteiger partial charge is 0.0641 e. The van der Waals surface area contributed by atoms with Crippen LogP contribution in [-0.4, -0.2) is 13.7 Å². The summed E-state index contributed by atoms with van der Waals surface area (Å²) in [5.74, 6) is 0. The van der Waals surface area contributed by atoms with Crippen LogP contribution in [0.1, 0.15) is 0 Å². The molecule has 0 aliphatic heterocycles. The number of para-hydroxylation sites is 4. The van der Waals surface area contributed by atoms with E-state index in [1.807, 2.05) is 0 Å². The van der Waals surface area contributed by atoms with Crippen molar-refractivity contribution < 1.29 is 0 Å². The molecule has 0 spiro atoms. The maximum absolute atomic E-state index is 2.47. The highest BCUT2D eigenvalue weighted by Crippen LogP contribution is 2.42. The molecular formula is C54H35N3. The van der Waals surface area contributed by atoms with Crippen molar-refractivity contribution in [2.75, 3.05) is 0 Å². The van der Waals surface area contributed by atoms with Gasteiger partial charge in [-0.1, -0.05) is 146 Å². The van der Waals surface area contributed by atoms with E-state index < -0.39 is 0 Å². The zero-order valence-electron chi connectivity index (χ0n) is 31.0. The van der Waals surface area contributed by atoms with E-state index in [9.17, 15) is 0 Å². The molecule has 0 N–H and O–H groups in total. The normalized spacial score (nSPS) is 11.9. The Hall–Kier alpha value is -7.62. The van der Waals surface area contributed by atoms with Gasteiger partial charge in [0.25, 0.3) is 0 Å². The Labute approximate surface area is 329 Å². The first-order valence-electron chi connectivity index (χ1n) is 19.6. The first kappa shape index (κ1) is 31.7. The van der Waals surface area contributed by atoms with Crippen LogP contribution in [0.15, 0.2) is 212 Å². The Morgan fingerprint density at radius 2 is 0.667 bits per heavy atom. The van der Waals surface area contributed by atoms with E-state index >= 15 is 0 Å². The summed E-state index contributed by atoms with van der Waals surface area (Å²) in [7, 11) is 0. The van der Waals surface area contributed by atoms with Gasteiger partial charge in [-0.3, -0.25) is 0 Å². The van der Waals surface area contributed by atoms with Gasteiger partial charge in [0, 0.05) is 49.4 Å². The number of fused-ring (bicyclic) bond motifs is 10. The molecule has 3 heterocycles. The summed E-state index contributed by atoms with van der Waals surface area (Å²) in [5, 5.41) is 7.54. The van der Waals surface area contributed by atoms with Crippen LogP contribution >= 0.6 is 0 Å². The Morgan fingerprint density at radius 1 is 0.228 bits per heavy atom. The molecule has 0 amide bonds. The lowest BCUT2D eigenvalue weighted by Crippen LogP contribution is -1.96. The second kappa shape index (κ2) is 12.5. The van der Waals surface area contributed by atoms with E-state index in [-0.39, 0.29) is 0 Å². The Bertz CT molecular complexity index is 3450. The SMILES string of the molecule is c1ccc(-c2cccc(-n3c4ccccc4c4c3ccc3c5ccccc5n(-c5ccc(-c6cccc(-n7c8ccccc8c8ccccc87)c6)cc5)c34)c2)cc1. The van der Waals surface area contributed by atoms with Crippen molar-refractivity contribution in [2.45, 2.75) is 0 Å². The van der Waals surface area contributed by atoms with Crippen LogP contribution < -0.4 is 0 Å². The van der Waals surface area contributed by atoms with Crippen molar-refractivity contribution >= 4 is 65.4 Å². The van der Waals surface area contributed by atoms with Gasteiger partial charge in [-0.2, -0.15) is 0 Å². The first-order chi connectivity index (χ1) is 28.3. The lowest BCUT2D eigenvalue weighted by Gasteiger charge is -2.13. The number of benzene rings is 9. The summed E-state index contributed by atoms with van der Waals surface area (Å²) in [6, 6.07) is 77.4. The molecule has 0 aliphatic rings. The van der Waals surface area contributed by atoms with Gasteiger partial charge in [0.15, 0.2) is 0 Å². The molecule has 57 heavy (non-hydrogen) atoms. The molecular weight excluding hydrogens is 691 g/mol. The minimum atomic E-state index is 1.14. The average molecular weight is 726 g/mol. The summed E-state index contributed by atoms with van der Waals surface area (Å²) in [6.07, 6.45) is 0. The van der Waals surface area contributed by atoms with Crippen molar-refractivity contribution in [1.82, 2.24) is 13.7 Å². The van der Waals surface area contributed by atoms with Gasteiger partial charge in [-0.05, 0) is 89.0 Å². The lowest BCUT2D eigenvalue weighted by atomic mass is 10.0. The van der Waals surface area contributed by atoms with Crippen molar-refractivity contribution in [2.24, 2.45) is 0 Å². The molecule has 0 aliphatic carbocycles. The monoisotopic (exact) mass is 725 g/mol. The third-order valence-corrected chi connectivity index (χ3v) is 11.8. The topological polar surface area (TPSA) is 14.8 Å². The maximum atomic E-state index is 2.47. The highest BCUT2D eigenvalue weighted by atomic mass is 15.0. The summed E-state index contributed by atoms with van der Waals surface area (Å²) >= 11 is 0. The Kier molecular flexibility index (Phi) is 6.93. The Morgan fingerprint density at radius 3 is 1.26 bits per heavy atom. The second-order valence-corrected chi connectivity index (χ2v) is 14.9. The average Bonchev–Trinajstić information content (AvgIpc) is 3.93. The second-order valence-electron chi connectivity index (χ2n) is 14.9. The quantitative estimate of drug-likeness (QED) is 0.168. The van der Waals surface area contributed by atoms with Crippen LogP contribution in [0.25, 0.3) is 105 Å². The van der Waals surface area contributed by atoms with Gasteiger partial charge in [0.1, 0.15) is 0 Å². The molecule has 266 valence electrons. The molecule has 12 rings (SSSR count). The molecule has 3 heteroatoms. The molecule has 0 unspecified atom stereocenters. The predicted molar refractivity (Wildman–Crippen MR) is 240 cm³/mol. The predicted octanol–water partition coefficient (Wildman–Crippen LogP) is 14.3. The van der Waals surface area contributed by atoms with E-state index in [4.69, 9.17) is 0 Å². The number of hydrogen-bond donors (Lipinski definition) is 0. The minimum absolute atomic E-state index is 1.14. The molecule has 3 nitrogen and oxygen atoms in total. The van der Waals surface area contributed by atoms with Gasteiger partial charge in [0.05, 0.1) is 33.1 Å². The molecule has 0 atom stereocenters. The van der Waals surface area contributed by atoms with Crippen molar-refractivity contribution in [1.29, 1.82) is 0 Å². The van der Waals surface area contributed by atoms with E-state index in [1.54, 1.807) is 0 Å². The van der Waals surface area contributed by atoms with Gasteiger partial charge in [-0.15, -0.1) is 0 Å². The van der Waals surface area contributed by atoms with Gasteiger partial charge < -0.3 is 13.7 Å². The highest BCUT2D eigenvalue weighted by molar-refractivity contribution is 6.26. The molecule has 0 bridgehead atoms. The van der Waals surface area contributed by atoms with Crippen LogP contribution in [0.2, 0.25) is 0 Å². The number of rotatable bonds is 5. The maximum Gasteiger partial charge on any atom is 0.0641 e. The van der Waals surface area contributed by atoms with Gasteiger partial charge in [-0.25, -0.2) is 0 Å². The molecule has 0 radical (unpaired) electrons. The van der Waals surface area contributed by atoms with E-state index in [1.165, 1.54) is 87.7 Å². The lowest BCUT2D eigenvalue weighted by molar-refractivity contribution is 1.17. The van der Waals surface area contributed by atoms with Crippen molar-refractivity contribution in [3.8, 4) is 39.3 Å². The number of nitrogens with zero attached hydrogens (tertiary/aromatic N) is 3. The molecule has 3 aromatic heterocycles. The van der Waals surface area contributed by atoms with Crippen LogP contribution in [0.3, 0.4) is 0 Å². The summed E-state index contributed by atoms with van der Waals surface area (Å²) in [5.41, 5.74) is 15.5. The zero-order chi connectivity index (χ0) is 37.5.